The van der Waals surface area contributed by atoms with E-state index in [9.17, 15) is 4.79 Å². The number of nitrogens with zero attached hydrogens (tertiary/aromatic N) is 2. The predicted molar refractivity (Wildman–Crippen MR) is 68.7 cm³/mol. The number of halogens is 1. The first-order chi connectivity index (χ1) is 8.13. The molecule has 0 bridgehead atoms. The second kappa shape index (κ2) is 4.91. The molecule has 0 radical (unpaired) electrons. The van der Waals surface area contributed by atoms with E-state index in [0.29, 0.717) is 11.5 Å². The summed E-state index contributed by atoms with van der Waals surface area (Å²) >= 11 is 3.31. The van der Waals surface area contributed by atoms with Crippen LogP contribution in [0.4, 0.5) is 11.5 Å². The molecular formula is C11H14BrN3O2. The molecule has 0 spiro atoms. The number of methoxy groups -OCH3 is 1. The summed E-state index contributed by atoms with van der Waals surface area (Å²) in [4.78, 5) is 17.8. The van der Waals surface area contributed by atoms with E-state index in [-0.39, 0.29) is 12.0 Å². The predicted octanol–water partition coefficient (Wildman–Crippen LogP) is 1.57. The highest BCUT2D eigenvalue weighted by Gasteiger charge is 2.33. The second-order valence-electron chi connectivity index (χ2n) is 3.94. The summed E-state index contributed by atoms with van der Waals surface area (Å²) in [7, 11) is 1.40. The molecule has 1 atom stereocenters. The van der Waals surface area contributed by atoms with E-state index in [4.69, 9.17) is 10.5 Å². The number of aromatic nitrogens is 1. The van der Waals surface area contributed by atoms with Gasteiger partial charge in [0.05, 0.1) is 12.8 Å². The molecule has 17 heavy (non-hydrogen) atoms. The fourth-order valence-electron chi connectivity index (χ4n) is 2.09. The third kappa shape index (κ3) is 2.36. The van der Waals surface area contributed by atoms with Crippen LogP contribution in [0.1, 0.15) is 12.8 Å². The third-order valence-electron chi connectivity index (χ3n) is 2.86. The van der Waals surface area contributed by atoms with Gasteiger partial charge in [-0.25, -0.2) is 9.78 Å². The van der Waals surface area contributed by atoms with Crippen LogP contribution in [0.25, 0.3) is 0 Å². The maximum absolute atomic E-state index is 11.6. The van der Waals surface area contributed by atoms with Gasteiger partial charge in [-0.3, -0.25) is 0 Å². The molecule has 1 aromatic rings. The molecule has 2 heterocycles. The number of ether oxygens (including phenoxy) is 1. The maximum Gasteiger partial charge on any atom is 0.328 e. The van der Waals surface area contributed by atoms with Crippen molar-refractivity contribution in [1.29, 1.82) is 0 Å². The van der Waals surface area contributed by atoms with E-state index in [0.717, 1.165) is 23.9 Å². The van der Waals surface area contributed by atoms with Crippen LogP contribution in [0, 0.1) is 0 Å². The van der Waals surface area contributed by atoms with Crippen LogP contribution in [-0.4, -0.2) is 30.6 Å². The standard InChI is InChI=1S/C11H14BrN3O2/c1-17-11(16)9-3-2-4-15(9)10-8(13)5-7(12)6-14-10/h5-6,9H,2-4,13H2,1H3. The van der Waals surface area contributed by atoms with Crippen molar-refractivity contribution in [3.63, 3.8) is 0 Å². The zero-order valence-electron chi connectivity index (χ0n) is 9.52. The first-order valence-electron chi connectivity index (χ1n) is 5.39. The Morgan fingerprint density at radius 2 is 2.47 bits per heavy atom. The quantitative estimate of drug-likeness (QED) is 0.840. The van der Waals surface area contributed by atoms with E-state index in [1.54, 1.807) is 12.3 Å². The Hall–Kier alpha value is -1.30. The van der Waals surface area contributed by atoms with Gasteiger partial charge in [0.1, 0.15) is 6.04 Å². The Bertz CT molecular complexity index is 439. The number of rotatable bonds is 2. The van der Waals surface area contributed by atoms with E-state index >= 15 is 0 Å². The van der Waals surface area contributed by atoms with Gasteiger partial charge in [0.2, 0.25) is 0 Å². The van der Waals surface area contributed by atoms with E-state index in [2.05, 4.69) is 20.9 Å². The molecule has 2 rings (SSSR count). The SMILES string of the molecule is COC(=O)C1CCCN1c1ncc(Br)cc1N. The third-order valence-corrected chi connectivity index (χ3v) is 3.29. The fourth-order valence-corrected chi connectivity index (χ4v) is 2.44. The van der Waals surface area contributed by atoms with Crippen LogP contribution >= 0.6 is 15.9 Å². The van der Waals surface area contributed by atoms with Gasteiger partial charge in [0.15, 0.2) is 5.82 Å². The van der Waals surface area contributed by atoms with Crippen molar-refractivity contribution in [3.8, 4) is 0 Å². The number of esters is 1. The number of pyridine rings is 1. The molecule has 0 aromatic carbocycles. The minimum Gasteiger partial charge on any atom is -0.467 e. The fraction of sp³-hybridized carbons (Fsp3) is 0.455. The van der Waals surface area contributed by atoms with Crippen molar-refractivity contribution in [2.75, 3.05) is 24.3 Å². The van der Waals surface area contributed by atoms with E-state index < -0.39 is 0 Å². The lowest BCUT2D eigenvalue weighted by molar-refractivity contribution is -0.141. The molecule has 1 saturated heterocycles. The molecule has 1 fully saturated rings. The molecule has 5 nitrogen and oxygen atoms in total. The number of hydrogen-bond acceptors (Lipinski definition) is 5. The first-order valence-corrected chi connectivity index (χ1v) is 6.18. The van der Waals surface area contributed by atoms with Crippen LogP contribution in [0.3, 0.4) is 0 Å². The summed E-state index contributed by atoms with van der Waals surface area (Å²) in [5.74, 6) is 0.424. The number of carbonyl (C=O) groups excluding carboxylic acids is 1. The van der Waals surface area contributed by atoms with Gasteiger partial charge in [0, 0.05) is 17.2 Å². The Balaban J connectivity index is 2.29. The lowest BCUT2D eigenvalue weighted by Crippen LogP contribution is -2.37. The molecule has 6 heteroatoms. The molecule has 2 N–H and O–H groups in total. The zero-order valence-corrected chi connectivity index (χ0v) is 11.1. The van der Waals surface area contributed by atoms with Gasteiger partial charge in [-0.2, -0.15) is 0 Å². The molecule has 0 aliphatic carbocycles. The van der Waals surface area contributed by atoms with E-state index in [1.807, 2.05) is 4.90 Å². The summed E-state index contributed by atoms with van der Waals surface area (Å²) in [6.07, 6.45) is 3.40. The molecule has 1 aliphatic rings. The summed E-state index contributed by atoms with van der Waals surface area (Å²) < 4.78 is 5.62. The Labute approximate surface area is 108 Å². The molecule has 0 saturated carbocycles. The zero-order chi connectivity index (χ0) is 12.4. The normalized spacial score (nSPS) is 19.4. The molecule has 92 valence electrons. The molecule has 0 amide bonds. The Morgan fingerprint density at radius 3 is 3.12 bits per heavy atom. The van der Waals surface area contributed by atoms with Crippen LogP contribution in [0.15, 0.2) is 16.7 Å². The highest BCUT2D eigenvalue weighted by Crippen LogP contribution is 2.30. The Morgan fingerprint density at radius 1 is 1.71 bits per heavy atom. The van der Waals surface area contributed by atoms with Gasteiger partial charge in [-0.05, 0) is 34.8 Å². The average molecular weight is 300 g/mol. The van der Waals surface area contributed by atoms with Gasteiger partial charge in [-0.1, -0.05) is 0 Å². The molecule has 1 aromatic heterocycles. The van der Waals surface area contributed by atoms with Crippen molar-refractivity contribution in [2.24, 2.45) is 0 Å². The average Bonchev–Trinajstić information content (AvgIpc) is 2.77. The molecular weight excluding hydrogens is 286 g/mol. The number of carbonyl (C=O) groups is 1. The smallest absolute Gasteiger partial charge is 0.328 e. The highest BCUT2D eigenvalue weighted by molar-refractivity contribution is 9.10. The monoisotopic (exact) mass is 299 g/mol. The molecule has 1 unspecified atom stereocenters. The van der Waals surface area contributed by atoms with Crippen molar-refractivity contribution < 1.29 is 9.53 Å². The summed E-state index contributed by atoms with van der Waals surface area (Å²) in [6, 6.07) is 1.52. The summed E-state index contributed by atoms with van der Waals surface area (Å²) in [6.45, 7) is 0.776. The number of hydrogen-bond donors (Lipinski definition) is 1. The minimum atomic E-state index is -0.268. The first kappa shape index (κ1) is 12.2. The Kier molecular flexibility index (Phi) is 3.51. The van der Waals surface area contributed by atoms with E-state index in [1.165, 1.54) is 7.11 Å². The van der Waals surface area contributed by atoms with Crippen molar-refractivity contribution >= 4 is 33.4 Å². The van der Waals surface area contributed by atoms with Crippen molar-refractivity contribution in [3.05, 3.63) is 16.7 Å². The number of anilines is 2. The largest absolute Gasteiger partial charge is 0.467 e. The van der Waals surface area contributed by atoms with Gasteiger partial charge in [0.25, 0.3) is 0 Å². The minimum absolute atomic E-state index is 0.230. The molecule has 1 aliphatic heterocycles. The lowest BCUT2D eigenvalue weighted by Gasteiger charge is -2.24. The van der Waals surface area contributed by atoms with Crippen LogP contribution in [0.2, 0.25) is 0 Å². The second-order valence-corrected chi connectivity index (χ2v) is 4.86. The van der Waals surface area contributed by atoms with Gasteiger partial charge in [-0.15, -0.1) is 0 Å². The summed E-state index contributed by atoms with van der Waals surface area (Å²) in [5, 5.41) is 0. The van der Waals surface area contributed by atoms with Crippen LogP contribution in [-0.2, 0) is 9.53 Å². The van der Waals surface area contributed by atoms with Crippen molar-refractivity contribution in [1.82, 2.24) is 4.98 Å². The summed E-state index contributed by atoms with van der Waals surface area (Å²) in [5.41, 5.74) is 6.48. The lowest BCUT2D eigenvalue weighted by atomic mass is 10.2. The van der Waals surface area contributed by atoms with Crippen LogP contribution < -0.4 is 10.6 Å². The number of nitrogens with two attached hydrogens (primary N) is 1. The van der Waals surface area contributed by atoms with Gasteiger partial charge < -0.3 is 15.4 Å². The number of nitrogen functional groups attached to an aromatic ring is 1. The van der Waals surface area contributed by atoms with Crippen molar-refractivity contribution in [2.45, 2.75) is 18.9 Å². The van der Waals surface area contributed by atoms with Gasteiger partial charge >= 0.3 is 5.97 Å². The van der Waals surface area contributed by atoms with Crippen LogP contribution in [0.5, 0.6) is 0 Å². The topological polar surface area (TPSA) is 68.5 Å². The maximum atomic E-state index is 11.6. The highest BCUT2D eigenvalue weighted by atomic mass is 79.9.